The Hall–Kier alpha value is -2.85. The number of aliphatic hydroxyl groups is 1. The van der Waals surface area contributed by atoms with Crippen molar-refractivity contribution in [3.8, 4) is 0 Å². The molecule has 0 aliphatic carbocycles. The van der Waals surface area contributed by atoms with Gasteiger partial charge in [-0.2, -0.15) is 0 Å². The minimum atomic E-state index is -4.66. The summed E-state index contributed by atoms with van der Waals surface area (Å²) in [6.45, 7) is 3.78. The van der Waals surface area contributed by atoms with Gasteiger partial charge in [0.25, 0.3) is 7.82 Å². The van der Waals surface area contributed by atoms with Crippen LogP contribution >= 0.6 is 7.82 Å². The maximum absolute atomic E-state index is 12.6. The minimum absolute atomic E-state index is 0.0599. The highest BCUT2D eigenvalue weighted by molar-refractivity contribution is 7.45. The molecule has 11 heteroatoms. The summed E-state index contributed by atoms with van der Waals surface area (Å²) in [4.78, 5) is 37.4. The van der Waals surface area contributed by atoms with E-state index in [4.69, 9.17) is 18.5 Å². The molecule has 0 aliphatic heterocycles. The maximum Gasteiger partial charge on any atom is 0.306 e. The predicted octanol–water partition coefficient (Wildman–Crippen LogP) is 9.58. The molecule has 0 radical (unpaired) electrons. The van der Waals surface area contributed by atoms with Gasteiger partial charge in [0, 0.05) is 12.8 Å². The number of nitrogens with zero attached hydrogens (tertiary/aromatic N) is 1. The van der Waals surface area contributed by atoms with Crippen LogP contribution in [0.4, 0.5) is 0 Å². The Labute approximate surface area is 333 Å². The van der Waals surface area contributed by atoms with Crippen molar-refractivity contribution in [1.29, 1.82) is 0 Å². The molecule has 0 aromatic rings. The van der Waals surface area contributed by atoms with Crippen LogP contribution in [0, 0.1) is 0 Å². The Morgan fingerprint density at radius 1 is 0.673 bits per heavy atom. The Kier molecular flexibility index (Phi) is 33.7. The van der Waals surface area contributed by atoms with Gasteiger partial charge < -0.3 is 33.0 Å². The third-order valence-corrected chi connectivity index (χ3v) is 8.98. The van der Waals surface area contributed by atoms with E-state index in [1.807, 2.05) is 39.4 Å². The van der Waals surface area contributed by atoms with Crippen molar-refractivity contribution in [3.05, 3.63) is 85.1 Å². The zero-order valence-electron chi connectivity index (χ0n) is 34.7. The number of phosphoric acid groups is 1. The summed E-state index contributed by atoms with van der Waals surface area (Å²) < 4.78 is 33.7. The van der Waals surface area contributed by atoms with Crippen LogP contribution < -0.4 is 4.89 Å². The van der Waals surface area contributed by atoms with Crippen molar-refractivity contribution < 1.29 is 47.2 Å². The highest BCUT2D eigenvalue weighted by Gasteiger charge is 2.21. The third-order valence-electron chi connectivity index (χ3n) is 8.01. The highest BCUT2D eigenvalue weighted by atomic mass is 31.2. The number of quaternary nitrogens is 1. The molecule has 0 spiro atoms. The monoisotopic (exact) mass is 792 g/mol. The lowest BCUT2D eigenvalue weighted by Crippen LogP contribution is -2.37. The Morgan fingerprint density at radius 2 is 1.22 bits per heavy atom. The maximum atomic E-state index is 12.6. The van der Waals surface area contributed by atoms with Crippen molar-refractivity contribution in [2.24, 2.45) is 0 Å². The number of aliphatic hydroxyl groups excluding tert-OH is 1. The fourth-order valence-corrected chi connectivity index (χ4v) is 5.56. The number of carbonyl (C=O) groups excluding carboxylic acids is 2. The molecule has 0 rings (SSSR count). The van der Waals surface area contributed by atoms with E-state index in [-0.39, 0.29) is 26.1 Å². The summed E-state index contributed by atoms with van der Waals surface area (Å²) in [7, 11) is 1.06. The fraction of sp³-hybridized carbons (Fsp3) is 0.636. The molecular formula is C44H74NO9P. The summed E-state index contributed by atoms with van der Waals surface area (Å²) in [5, 5.41) is 10.1. The number of likely N-dealkylation sites (N-methyl/N-ethyl adjacent to an activating group) is 1. The molecule has 0 amide bonds. The van der Waals surface area contributed by atoms with Crippen LogP contribution in [0.5, 0.6) is 0 Å². The number of carbonyl (C=O) groups is 2. The summed E-state index contributed by atoms with van der Waals surface area (Å²) >= 11 is 0. The van der Waals surface area contributed by atoms with Crippen molar-refractivity contribution >= 4 is 19.8 Å². The summed E-state index contributed by atoms with van der Waals surface area (Å²) in [6.07, 6.45) is 40.7. The molecule has 0 saturated heterocycles. The molecule has 10 nitrogen and oxygen atoms in total. The number of esters is 2. The topological polar surface area (TPSA) is 131 Å². The van der Waals surface area contributed by atoms with Crippen LogP contribution in [-0.4, -0.2) is 81.2 Å². The van der Waals surface area contributed by atoms with Gasteiger partial charge in [-0.25, -0.2) is 0 Å². The number of allylic oxidation sites excluding steroid dienone is 13. The normalized spacial score (nSPS) is 15.1. The Balaban J connectivity index is 4.58. The third kappa shape index (κ3) is 39.2. The SMILES string of the molecule is CC/C=C\C/C=C\C/C=C\C/C=C\CCCCC(=O)O[C@H](COC(=O)CCCCCCCC(O)/C=C/C=C/C/C=C/CC)COP(=O)([O-])OCC[N+](C)(C)C. The highest BCUT2D eigenvalue weighted by Crippen LogP contribution is 2.38. The van der Waals surface area contributed by atoms with E-state index >= 15 is 0 Å². The quantitative estimate of drug-likeness (QED) is 0.0167. The summed E-state index contributed by atoms with van der Waals surface area (Å²) in [6, 6.07) is 0. The van der Waals surface area contributed by atoms with Crippen molar-refractivity contribution in [1.82, 2.24) is 0 Å². The van der Waals surface area contributed by atoms with E-state index in [0.29, 0.717) is 30.3 Å². The molecule has 55 heavy (non-hydrogen) atoms. The summed E-state index contributed by atoms with van der Waals surface area (Å²) in [5.74, 6) is -0.972. The molecule has 314 valence electrons. The van der Waals surface area contributed by atoms with Gasteiger partial charge in [-0.05, 0) is 70.6 Å². The van der Waals surface area contributed by atoms with Crippen LogP contribution in [0.3, 0.4) is 0 Å². The van der Waals surface area contributed by atoms with Crippen molar-refractivity contribution in [2.45, 2.75) is 135 Å². The predicted molar refractivity (Wildman–Crippen MR) is 223 cm³/mol. The number of ether oxygens (including phenoxy) is 2. The fourth-order valence-electron chi connectivity index (χ4n) is 4.83. The lowest BCUT2D eigenvalue weighted by Gasteiger charge is -2.28. The number of hydrogen-bond acceptors (Lipinski definition) is 9. The lowest BCUT2D eigenvalue weighted by atomic mass is 10.1. The van der Waals surface area contributed by atoms with Gasteiger partial charge in [0.2, 0.25) is 0 Å². The van der Waals surface area contributed by atoms with Crippen LogP contribution in [0.1, 0.15) is 123 Å². The zero-order chi connectivity index (χ0) is 40.9. The van der Waals surface area contributed by atoms with Gasteiger partial charge >= 0.3 is 11.9 Å². The standard InChI is InChI=1S/C44H74NO9P/c1-6-8-10-12-14-15-16-17-18-19-20-21-23-27-32-36-44(48)54-42(40-53-55(49,50)52-38-37-45(3,4)5)39-51-43(47)35-31-28-24-26-30-34-41(46)33-29-25-22-13-11-9-7-2/h8-11,14-15,17-18,20-22,25,29,33,41-42,46H,6-7,12-13,16,19,23-24,26-28,30-32,34-40H2,1-5H3/b10-8-,11-9+,15-14-,18-17-,21-20-,25-22+,33-29+/t41?,42-/m1/s1. The summed E-state index contributed by atoms with van der Waals surface area (Å²) in [5.41, 5.74) is 0. The first-order chi connectivity index (χ1) is 26.4. The lowest BCUT2D eigenvalue weighted by molar-refractivity contribution is -0.870. The van der Waals surface area contributed by atoms with Gasteiger partial charge in [0.1, 0.15) is 19.8 Å². The Morgan fingerprint density at radius 3 is 1.85 bits per heavy atom. The average molecular weight is 792 g/mol. The van der Waals surface area contributed by atoms with Crippen molar-refractivity contribution in [2.75, 3.05) is 47.5 Å². The second-order valence-electron chi connectivity index (χ2n) is 14.4. The molecule has 0 aliphatic rings. The first kappa shape index (κ1) is 52.2. The van der Waals surface area contributed by atoms with E-state index in [1.165, 1.54) is 0 Å². The molecule has 2 unspecified atom stereocenters. The molecule has 0 aromatic heterocycles. The van der Waals surface area contributed by atoms with E-state index in [1.54, 1.807) is 6.08 Å². The van der Waals surface area contributed by atoms with Crippen LogP contribution in [0.15, 0.2) is 85.1 Å². The second kappa shape index (κ2) is 35.6. The number of unbranched alkanes of at least 4 members (excludes halogenated alkanes) is 6. The molecule has 0 saturated carbocycles. The molecule has 0 aromatic carbocycles. The smallest absolute Gasteiger partial charge is 0.306 e. The van der Waals surface area contributed by atoms with Gasteiger partial charge in [0.15, 0.2) is 6.10 Å². The first-order valence-corrected chi connectivity index (χ1v) is 21.9. The number of rotatable bonds is 35. The van der Waals surface area contributed by atoms with Crippen LogP contribution in [0.2, 0.25) is 0 Å². The van der Waals surface area contributed by atoms with Gasteiger partial charge in [0.05, 0.1) is 33.9 Å². The van der Waals surface area contributed by atoms with E-state index in [2.05, 4.69) is 74.6 Å². The average Bonchev–Trinajstić information content (AvgIpc) is 3.12. The van der Waals surface area contributed by atoms with Crippen molar-refractivity contribution in [3.63, 3.8) is 0 Å². The van der Waals surface area contributed by atoms with Gasteiger partial charge in [-0.1, -0.05) is 125 Å². The van der Waals surface area contributed by atoms with Crippen LogP contribution in [0.25, 0.3) is 0 Å². The minimum Gasteiger partial charge on any atom is -0.756 e. The second-order valence-corrected chi connectivity index (χ2v) is 15.8. The van der Waals surface area contributed by atoms with Gasteiger partial charge in [-0.15, -0.1) is 0 Å². The molecule has 3 atom stereocenters. The largest absolute Gasteiger partial charge is 0.756 e. The molecular weight excluding hydrogens is 717 g/mol. The molecule has 0 bridgehead atoms. The Bertz CT molecular complexity index is 1230. The molecule has 0 heterocycles. The van der Waals surface area contributed by atoms with Gasteiger partial charge in [-0.3, -0.25) is 14.2 Å². The molecule has 0 fully saturated rings. The number of hydrogen-bond donors (Lipinski definition) is 1. The number of phosphoric ester groups is 1. The van der Waals surface area contributed by atoms with E-state index < -0.39 is 38.6 Å². The van der Waals surface area contributed by atoms with E-state index in [9.17, 15) is 24.2 Å². The zero-order valence-corrected chi connectivity index (χ0v) is 35.6. The first-order valence-electron chi connectivity index (χ1n) is 20.4. The molecule has 1 N–H and O–H groups in total. The van der Waals surface area contributed by atoms with Crippen LogP contribution in [-0.2, 0) is 32.7 Å². The van der Waals surface area contributed by atoms with E-state index in [0.717, 1.165) is 77.0 Å².